The zero-order valence-electron chi connectivity index (χ0n) is 15.0. The standard InChI is InChI=1S/C23H20N2O2/c1-17(26)24-21(18-11-5-2-6-12-18)22(19-13-7-3-8-14-19)25-23(27)20-15-9-4-10-16-20/h2-16H,1H3,(H,24,26)(H,25,27). The van der Waals surface area contributed by atoms with Crippen molar-refractivity contribution in [2.24, 2.45) is 0 Å². The SMILES string of the molecule is CC(=O)NC(=C(NC(=O)c1ccccc1)c1ccccc1)c1ccccc1. The maximum atomic E-state index is 12.8. The van der Waals surface area contributed by atoms with Crippen molar-refractivity contribution in [3.8, 4) is 0 Å². The number of carbonyl (C=O) groups is 2. The van der Waals surface area contributed by atoms with E-state index in [1.54, 1.807) is 12.1 Å². The quantitative estimate of drug-likeness (QED) is 0.677. The maximum absolute atomic E-state index is 12.8. The van der Waals surface area contributed by atoms with Gasteiger partial charge in [0.2, 0.25) is 5.91 Å². The molecular weight excluding hydrogens is 336 g/mol. The summed E-state index contributed by atoms with van der Waals surface area (Å²) in [4.78, 5) is 24.7. The molecule has 134 valence electrons. The van der Waals surface area contributed by atoms with E-state index in [9.17, 15) is 9.59 Å². The second-order valence-corrected chi connectivity index (χ2v) is 5.98. The van der Waals surface area contributed by atoms with Crippen molar-refractivity contribution in [3.05, 3.63) is 108 Å². The van der Waals surface area contributed by atoms with Crippen molar-refractivity contribution in [1.29, 1.82) is 0 Å². The first-order valence-corrected chi connectivity index (χ1v) is 8.64. The molecule has 2 amide bonds. The fourth-order valence-corrected chi connectivity index (χ4v) is 2.72. The first-order valence-electron chi connectivity index (χ1n) is 8.64. The minimum absolute atomic E-state index is 0.212. The van der Waals surface area contributed by atoms with E-state index in [1.165, 1.54) is 6.92 Å². The lowest BCUT2D eigenvalue weighted by Crippen LogP contribution is -2.28. The molecule has 3 rings (SSSR count). The van der Waals surface area contributed by atoms with Gasteiger partial charge in [0.05, 0.1) is 11.4 Å². The molecule has 0 aliphatic carbocycles. The Morgan fingerprint density at radius 1 is 0.556 bits per heavy atom. The molecule has 0 radical (unpaired) electrons. The zero-order valence-corrected chi connectivity index (χ0v) is 15.0. The van der Waals surface area contributed by atoms with Crippen molar-refractivity contribution in [3.63, 3.8) is 0 Å². The van der Waals surface area contributed by atoms with E-state index in [1.807, 2.05) is 78.9 Å². The molecule has 0 aliphatic heterocycles. The third-order valence-electron chi connectivity index (χ3n) is 3.95. The predicted molar refractivity (Wildman–Crippen MR) is 107 cm³/mol. The fourth-order valence-electron chi connectivity index (χ4n) is 2.72. The van der Waals surface area contributed by atoms with Crippen molar-refractivity contribution in [1.82, 2.24) is 10.6 Å². The average Bonchev–Trinajstić information content (AvgIpc) is 2.72. The van der Waals surface area contributed by atoms with E-state index in [0.29, 0.717) is 17.0 Å². The van der Waals surface area contributed by atoms with Gasteiger partial charge in [0.1, 0.15) is 0 Å². The normalized spacial score (nSPS) is 11.3. The molecule has 0 aromatic heterocycles. The number of hydrogen-bond donors (Lipinski definition) is 2. The summed E-state index contributed by atoms with van der Waals surface area (Å²) in [6.45, 7) is 1.45. The summed E-state index contributed by atoms with van der Waals surface area (Å²) in [5, 5.41) is 5.86. The predicted octanol–water partition coefficient (Wildman–Crippen LogP) is 4.08. The number of carbonyl (C=O) groups excluding carboxylic acids is 2. The van der Waals surface area contributed by atoms with Gasteiger partial charge in [-0.15, -0.1) is 0 Å². The average molecular weight is 356 g/mol. The van der Waals surface area contributed by atoms with Crippen molar-refractivity contribution >= 4 is 23.2 Å². The molecule has 0 atom stereocenters. The summed E-state index contributed by atoms with van der Waals surface area (Å²) in [7, 11) is 0. The molecule has 4 heteroatoms. The van der Waals surface area contributed by atoms with Gasteiger partial charge in [-0.25, -0.2) is 0 Å². The summed E-state index contributed by atoms with van der Waals surface area (Å²) in [6, 6.07) is 27.9. The summed E-state index contributed by atoms with van der Waals surface area (Å²) in [6.07, 6.45) is 0. The van der Waals surface area contributed by atoms with Gasteiger partial charge in [-0.3, -0.25) is 9.59 Å². The summed E-state index contributed by atoms with van der Waals surface area (Å²) in [5.41, 5.74) is 3.25. The van der Waals surface area contributed by atoms with Crippen LogP contribution in [0, 0.1) is 0 Å². The molecule has 0 saturated carbocycles. The molecule has 0 heterocycles. The number of nitrogens with one attached hydrogen (secondary N) is 2. The van der Waals surface area contributed by atoms with E-state index in [4.69, 9.17) is 0 Å². The molecule has 0 spiro atoms. The lowest BCUT2D eigenvalue weighted by molar-refractivity contribution is -0.117. The highest BCUT2D eigenvalue weighted by molar-refractivity contribution is 6.05. The van der Waals surface area contributed by atoms with E-state index >= 15 is 0 Å². The molecular formula is C23H20N2O2. The largest absolute Gasteiger partial charge is 0.324 e. The van der Waals surface area contributed by atoms with E-state index < -0.39 is 0 Å². The zero-order chi connectivity index (χ0) is 19.1. The fraction of sp³-hybridized carbons (Fsp3) is 0.0435. The molecule has 0 aliphatic rings. The Hall–Kier alpha value is -3.66. The van der Waals surface area contributed by atoms with Crippen LogP contribution in [0.1, 0.15) is 28.4 Å². The summed E-state index contributed by atoms with van der Waals surface area (Å²) < 4.78 is 0. The Bertz CT molecular complexity index is 949. The van der Waals surface area contributed by atoms with Crippen LogP contribution in [0.2, 0.25) is 0 Å². The molecule has 0 bridgehead atoms. The Morgan fingerprint density at radius 3 is 1.33 bits per heavy atom. The topological polar surface area (TPSA) is 58.2 Å². The van der Waals surface area contributed by atoms with Crippen LogP contribution in [0.5, 0.6) is 0 Å². The number of rotatable bonds is 5. The lowest BCUT2D eigenvalue weighted by Gasteiger charge is -2.18. The van der Waals surface area contributed by atoms with Gasteiger partial charge in [0, 0.05) is 23.6 Å². The number of hydrogen-bond acceptors (Lipinski definition) is 2. The molecule has 3 aromatic rings. The second-order valence-electron chi connectivity index (χ2n) is 5.98. The van der Waals surface area contributed by atoms with Crippen LogP contribution in [-0.2, 0) is 4.79 Å². The number of benzene rings is 3. The Morgan fingerprint density at radius 2 is 0.926 bits per heavy atom. The van der Waals surface area contributed by atoms with Crippen LogP contribution >= 0.6 is 0 Å². The smallest absolute Gasteiger partial charge is 0.255 e. The van der Waals surface area contributed by atoms with Crippen molar-refractivity contribution in [2.45, 2.75) is 6.92 Å². The van der Waals surface area contributed by atoms with Gasteiger partial charge in [0.15, 0.2) is 0 Å². The van der Waals surface area contributed by atoms with Crippen LogP contribution in [0.15, 0.2) is 91.0 Å². The Labute approximate surface area is 158 Å². The Kier molecular flexibility index (Phi) is 5.80. The van der Waals surface area contributed by atoms with Crippen LogP contribution in [0.3, 0.4) is 0 Å². The van der Waals surface area contributed by atoms with Crippen LogP contribution in [0.4, 0.5) is 0 Å². The number of amides is 2. The molecule has 0 fully saturated rings. The van der Waals surface area contributed by atoms with E-state index in [2.05, 4.69) is 10.6 Å². The lowest BCUT2D eigenvalue weighted by atomic mass is 10.0. The van der Waals surface area contributed by atoms with Gasteiger partial charge < -0.3 is 10.6 Å². The van der Waals surface area contributed by atoms with E-state index in [-0.39, 0.29) is 11.8 Å². The van der Waals surface area contributed by atoms with Crippen molar-refractivity contribution < 1.29 is 9.59 Å². The van der Waals surface area contributed by atoms with Gasteiger partial charge in [-0.2, -0.15) is 0 Å². The molecule has 4 nitrogen and oxygen atoms in total. The van der Waals surface area contributed by atoms with Gasteiger partial charge >= 0.3 is 0 Å². The van der Waals surface area contributed by atoms with E-state index in [0.717, 1.165) is 11.1 Å². The highest BCUT2D eigenvalue weighted by atomic mass is 16.2. The van der Waals surface area contributed by atoms with Crippen LogP contribution in [-0.4, -0.2) is 11.8 Å². The minimum atomic E-state index is -0.242. The molecule has 3 aromatic carbocycles. The Balaban J connectivity index is 2.13. The first kappa shape index (κ1) is 18.1. The molecule has 27 heavy (non-hydrogen) atoms. The molecule has 0 saturated heterocycles. The van der Waals surface area contributed by atoms with Gasteiger partial charge in [-0.05, 0) is 12.1 Å². The monoisotopic (exact) mass is 356 g/mol. The molecule has 0 unspecified atom stereocenters. The van der Waals surface area contributed by atoms with Crippen LogP contribution in [0.25, 0.3) is 11.4 Å². The summed E-state index contributed by atoms with van der Waals surface area (Å²) >= 11 is 0. The minimum Gasteiger partial charge on any atom is -0.324 e. The van der Waals surface area contributed by atoms with Gasteiger partial charge in [0.25, 0.3) is 5.91 Å². The highest BCUT2D eigenvalue weighted by Gasteiger charge is 2.16. The third kappa shape index (κ3) is 4.70. The first-order chi connectivity index (χ1) is 13.1. The highest BCUT2D eigenvalue weighted by Crippen LogP contribution is 2.23. The second kappa shape index (κ2) is 8.63. The van der Waals surface area contributed by atoms with Crippen LogP contribution < -0.4 is 10.6 Å². The molecule has 2 N–H and O–H groups in total. The maximum Gasteiger partial charge on any atom is 0.255 e. The van der Waals surface area contributed by atoms with Crippen molar-refractivity contribution in [2.75, 3.05) is 0 Å². The third-order valence-corrected chi connectivity index (χ3v) is 3.95. The summed E-state index contributed by atoms with van der Waals surface area (Å²) in [5.74, 6) is -0.454. The van der Waals surface area contributed by atoms with Gasteiger partial charge in [-0.1, -0.05) is 78.9 Å².